The minimum absolute atomic E-state index is 0.321. The van der Waals surface area contributed by atoms with Gasteiger partial charge in [0.1, 0.15) is 5.15 Å². The van der Waals surface area contributed by atoms with Crippen LogP contribution in [-0.4, -0.2) is 25.4 Å². The Balaban J connectivity index is 2.86. The van der Waals surface area contributed by atoms with E-state index in [9.17, 15) is 0 Å². The number of nitrogens with one attached hydrogen (secondary N) is 1. The molecule has 2 aromatic rings. The molecule has 0 amide bonds. The molecule has 2 aromatic heterocycles. The van der Waals surface area contributed by atoms with Gasteiger partial charge in [-0.15, -0.1) is 10.2 Å². The Morgan fingerprint density at radius 3 is 3.00 bits per heavy atom. The zero-order valence-corrected chi connectivity index (χ0v) is 5.50. The van der Waals surface area contributed by atoms with Crippen LogP contribution >= 0.6 is 11.6 Å². The number of hydrogen-bond acceptors (Lipinski definition) is 4. The molecule has 0 aliphatic rings. The second kappa shape index (κ2) is 1.88. The van der Waals surface area contributed by atoms with E-state index in [2.05, 4.69) is 25.4 Å². The molecule has 0 saturated heterocycles. The molecule has 0 unspecified atom stereocenters. The lowest BCUT2D eigenvalue weighted by atomic mass is 10.7. The van der Waals surface area contributed by atoms with Crippen LogP contribution in [0.3, 0.4) is 0 Å². The molecular weight excluding hydrogens is 154 g/mol. The van der Waals surface area contributed by atoms with Crippen molar-refractivity contribution >= 4 is 22.9 Å². The van der Waals surface area contributed by atoms with Crippen molar-refractivity contribution in [1.29, 1.82) is 0 Å². The predicted molar refractivity (Wildman–Crippen MR) is 34.5 cm³/mol. The molecule has 2 rings (SSSR count). The maximum absolute atomic E-state index is 5.52. The van der Waals surface area contributed by atoms with E-state index in [1.54, 1.807) is 0 Å². The minimum Gasteiger partial charge on any atom is -0.229 e. The van der Waals surface area contributed by atoms with Crippen LogP contribution in [0.1, 0.15) is 0 Å². The molecule has 0 aliphatic heterocycles. The fraction of sp³-hybridized carbons (Fsp3) is 0. The summed E-state index contributed by atoms with van der Waals surface area (Å²) in [6, 6.07) is 0. The SMILES string of the molecule is Clc1cnc2n[nH]nc2n1. The van der Waals surface area contributed by atoms with Gasteiger partial charge < -0.3 is 0 Å². The summed E-state index contributed by atoms with van der Waals surface area (Å²) >= 11 is 5.52. The van der Waals surface area contributed by atoms with E-state index < -0.39 is 0 Å². The van der Waals surface area contributed by atoms with Crippen LogP contribution in [0.15, 0.2) is 6.20 Å². The van der Waals surface area contributed by atoms with Crippen LogP contribution in [0.25, 0.3) is 11.3 Å². The first-order valence-corrected chi connectivity index (χ1v) is 2.93. The third-order valence-electron chi connectivity index (χ3n) is 1.02. The molecule has 0 atom stereocenters. The van der Waals surface area contributed by atoms with Crippen molar-refractivity contribution < 1.29 is 0 Å². The van der Waals surface area contributed by atoms with Crippen LogP contribution in [0.2, 0.25) is 5.15 Å². The second-order valence-corrected chi connectivity index (χ2v) is 2.05. The zero-order chi connectivity index (χ0) is 6.97. The molecule has 1 N–H and O–H groups in total. The van der Waals surface area contributed by atoms with Crippen LogP contribution in [0.4, 0.5) is 0 Å². The lowest BCUT2D eigenvalue weighted by molar-refractivity contribution is 0.951. The largest absolute Gasteiger partial charge is 0.229 e. The van der Waals surface area contributed by atoms with E-state index in [1.165, 1.54) is 6.20 Å². The lowest BCUT2D eigenvalue weighted by Crippen LogP contribution is -1.80. The number of rotatable bonds is 0. The smallest absolute Gasteiger partial charge is 0.222 e. The van der Waals surface area contributed by atoms with E-state index in [0.717, 1.165) is 0 Å². The van der Waals surface area contributed by atoms with Crippen molar-refractivity contribution in [2.75, 3.05) is 0 Å². The fourth-order valence-corrected chi connectivity index (χ4v) is 0.755. The van der Waals surface area contributed by atoms with Gasteiger partial charge >= 0.3 is 0 Å². The van der Waals surface area contributed by atoms with Crippen LogP contribution in [-0.2, 0) is 0 Å². The molecular formula is C4H2ClN5. The highest BCUT2D eigenvalue weighted by Crippen LogP contribution is 2.05. The predicted octanol–water partition coefficient (Wildman–Crippen LogP) is 0.401. The van der Waals surface area contributed by atoms with Crippen molar-refractivity contribution in [3.05, 3.63) is 11.3 Å². The van der Waals surface area contributed by atoms with Crippen molar-refractivity contribution in [2.45, 2.75) is 0 Å². The Labute approximate surface area is 60.4 Å². The summed E-state index contributed by atoms with van der Waals surface area (Å²) in [4.78, 5) is 7.68. The van der Waals surface area contributed by atoms with E-state index in [1.807, 2.05) is 0 Å². The zero-order valence-electron chi connectivity index (χ0n) is 4.74. The summed E-state index contributed by atoms with van der Waals surface area (Å²) in [5, 5.41) is 10.1. The highest BCUT2D eigenvalue weighted by Gasteiger charge is 1.99. The minimum atomic E-state index is 0.321. The van der Waals surface area contributed by atoms with Gasteiger partial charge in [0.05, 0.1) is 6.20 Å². The second-order valence-electron chi connectivity index (χ2n) is 1.66. The number of hydrogen-bond donors (Lipinski definition) is 1. The summed E-state index contributed by atoms with van der Waals surface area (Å²) in [6.45, 7) is 0. The first kappa shape index (κ1) is 5.55. The molecule has 0 saturated carbocycles. The first-order chi connectivity index (χ1) is 4.86. The number of nitrogens with zero attached hydrogens (tertiary/aromatic N) is 4. The maximum Gasteiger partial charge on any atom is 0.222 e. The molecule has 5 nitrogen and oxygen atoms in total. The fourth-order valence-electron chi connectivity index (χ4n) is 0.626. The molecule has 0 spiro atoms. The Hall–Kier alpha value is -1.23. The number of aromatic nitrogens is 5. The highest BCUT2D eigenvalue weighted by atomic mass is 35.5. The highest BCUT2D eigenvalue weighted by molar-refractivity contribution is 6.29. The first-order valence-electron chi connectivity index (χ1n) is 2.55. The van der Waals surface area contributed by atoms with Gasteiger partial charge in [-0.25, -0.2) is 9.97 Å². The molecule has 0 bridgehead atoms. The molecule has 10 heavy (non-hydrogen) atoms. The molecule has 2 heterocycles. The van der Waals surface area contributed by atoms with Crippen LogP contribution in [0, 0.1) is 0 Å². The Morgan fingerprint density at radius 2 is 2.10 bits per heavy atom. The van der Waals surface area contributed by atoms with Crippen LogP contribution < -0.4 is 0 Å². The number of halogens is 1. The third-order valence-corrected chi connectivity index (χ3v) is 1.20. The molecule has 50 valence electrons. The standard InChI is InChI=1S/C4H2ClN5/c5-2-1-6-3-4(7-2)9-10-8-3/h1H,(H,6,7,8,9,10). The summed E-state index contributed by atoms with van der Waals surface area (Å²) in [5.74, 6) is 0. The Kier molecular flexibility index (Phi) is 1.04. The van der Waals surface area contributed by atoms with Crippen molar-refractivity contribution in [1.82, 2.24) is 25.4 Å². The van der Waals surface area contributed by atoms with E-state index in [4.69, 9.17) is 11.6 Å². The third kappa shape index (κ3) is 0.714. The molecule has 0 aromatic carbocycles. The average Bonchev–Trinajstić information content (AvgIpc) is 2.33. The monoisotopic (exact) mass is 155 g/mol. The quantitative estimate of drug-likeness (QED) is 0.598. The van der Waals surface area contributed by atoms with Gasteiger partial charge in [-0.3, -0.25) is 0 Å². The Bertz CT molecular complexity index is 355. The van der Waals surface area contributed by atoms with E-state index in [0.29, 0.717) is 16.4 Å². The average molecular weight is 156 g/mol. The summed E-state index contributed by atoms with van der Waals surface area (Å²) in [5.41, 5.74) is 0.914. The van der Waals surface area contributed by atoms with Crippen molar-refractivity contribution in [3.63, 3.8) is 0 Å². The van der Waals surface area contributed by atoms with Gasteiger partial charge in [0.2, 0.25) is 11.3 Å². The van der Waals surface area contributed by atoms with Gasteiger partial charge in [-0.1, -0.05) is 11.6 Å². The summed E-state index contributed by atoms with van der Waals surface area (Å²) < 4.78 is 0. The summed E-state index contributed by atoms with van der Waals surface area (Å²) in [7, 11) is 0. The van der Waals surface area contributed by atoms with Crippen molar-refractivity contribution in [3.8, 4) is 0 Å². The van der Waals surface area contributed by atoms with Crippen LogP contribution in [0.5, 0.6) is 0 Å². The van der Waals surface area contributed by atoms with Gasteiger partial charge in [-0.05, 0) is 0 Å². The van der Waals surface area contributed by atoms with E-state index >= 15 is 0 Å². The summed E-state index contributed by atoms with van der Waals surface area (Å²) in [6.07, 6.45) is 1.42. The maximum atomic E-state index is 5.52. The lowest BCUT2D eigenvalue weighted by Gasteiger charge is -1.83. The van der Waals surface area contributed by atoms with Gasteiger partial charge in [0, 0.05) is 0 Å². The number of H-pyrrole nitrogens is 1. The molecule has 6 heteroatoms. The van der Waals surface area contributed by atoms with Crippen molar-refractivity contribution in [2.24, 2.45) is 0 Å². The topological polar surface area (TPSA) is 67.3 Å². The number of aromatic amines is 1. The van der Waals surface area contributed by atoms with E-state index in [-0.39, 0.29) is 0 Å². The van der Waals surface area contributed by atoms with Gasteiger partial charge in [-0.2, -0.15) is 5.21 Å². The normalized spacial score (nSPS) is 10.5. The van der Waals surface area contributed by atoms with Gasteiger partial charge in [0.25, 0.3) is 0 Å². The molecule has 0 aliphatic carbocycles. The Morgan fingerprint density at radius 1 is 1.30 bits per heavy atom. The number of fused-ring (bicyclic) bond motifs is 1. The molecule has 0 radical (unpaired) electrons. The molecule has 0 fully saturated rings. The van der Waals surface area contributed by atoms with Gasteiger partial charge in [0.15, 0.2) is 0 Å².